The molecule has 0 aliphatic carbocycles. The first-order valence-electron chi connectivity index (χ1n) is 21.9. The maximum absolute atomic E-state index is 6.66. The zero-order valence-electron chi connectivity index (χ0n) is 35.0. The van der Waals surface area contributed by atoms with Gasteiger partial charge in [-0.25, -0.2) is 0 Å². The summed E-state index contributed by atoms with van der Waals surface area (Å²) in [7, 11) is 0. The largest absolute Gasteiger partial charge is 0.454 e. The van der Waals surface area contributed by atoms with E-state index in [0.29, 0.717) is 0 Å². The fourth-order valence-electron chi connectivity index (χ4n) is 9.61. The standard InChI is InChI=1S/C62H41NO/c1-4-15-42(16-5-1)43-27-29-44(30-28-43)45-31-36-50(37-32-45)63(58-25-14-24-56-54-22-12-13-26-59(54)64-62(56)58)51-38-33-46(34-39-51)49-35-40-53-52-21-10-11-23-55(52)60(47-17-6-2-7-18-47)61(57(53)41-49)48-19-8-3-9-20-48/h1-41H. The number of benzene rings is 11. The van der Waals surface area contributed by atoms with Gasteiger partial charge in [-0.3, -0.25) is 0 Å². The summed E-state index contributed by atoms with van der Waals surface area (Å²) in [6.45, 7) is 0. The van der Waals surface area contributed by atoms with Crippen LogP contribution in [0.25, 0.3) is 99.1 Å². The van der Waals surface area contributed by atoms with Crippen LogP contribution in [0.5, 0.6) is 0 Å². The van der Waals surface area contributed by atoms with Crippen LogP contribution in [0.3, 0.4) is 0 Å². The molecule has 2 nitrogen and oxygen atoms in total. The quantitative estimate of drug-likeness (QED) is 0.142. The van der Waals surface area contributed by atoms with E-state index in [1.807, 2.05) is 6.07 Å². The predicted octanol–water partition coefficient (Wildman–Crippen LogP) is 17.7. The van der Waals surface area contributed by atoms with Gasteiger partial charge in [0.2, 0.25) is 0 Å². The Kier molecular flexibility index (Phi) is 9.20. The van der Waals surface area contributed by atoms with Crippen molar-refractivity contribution in [2.75, 3.05) is 4.90 Å². The average Bonchev–Trinajstić information content (AvgIpc) is 3.77. The van der Waals surface area contributed by atoms with Crippen LogP contribution in [0.2, 0.25) is 0 Å². The minimum Gasteiger partial charge on any atom is -0.454 e. The van der Waals surface area contributed by atoms with Gasteiger partial charge < -0.3 is 9.32 Å². The van der Waals surface area contributed by atoms with Crippen LogP contribution >= 0.6 is 0 Å². The molecule has 0 fully saturated rings. The van der Waals surface area contributed by atoms with Gasteiger partial charge in [0, 0.05) is 22.1 Å². The molecule has 1 heterocycles. The van der Waals surface area contributed by atoms with E-state index in [2.05, 4.69) is 248 Å². The molecule has 12 aromatic rings. The van der Waals surface area contributed by atoms with Crippen LogP contribution in [-0.4, -0.2) is 0 Å². The molecule has 0 amide bonds. The van der Waals surface area contributed by atoms with E-state index < -0.39 is 0 Å². The molecule has 0 radical (unpaired) electrons. The second-order valence-corrected chi connectivity index (χ2v) is 16.4. The number of hydrogen-bond donors (Lipinski definition) is 0. The van der Waals surface area contributed by atoms with E-state index in [9.17, 15) is 0 Å². The molecule has 0 unspecified atom stereocenters. The van der Waals surface area contributed by atoms with E-state index >= 15 is 0 Å². The van der Waals surface area contributed by atoms with Gasteiger partial charge in [-0.1, -0.05) is 206 Å². The summed E-state index contributed by atoms with van der Waals surface area (Å²) in [6.07, 6.45) is 0. The summed E-state index contributed by atoms with van der Waals surface area (Å²) >= 11 is 0. The Hall–Kier alpha value is -8.46. The highest BCUT2D eigenvalue weighted by atomic mass is 16.3. The first-order valence-corrected chi connectivity index (χ1v) is 21.9. The van der Waals surface area contributed by atoms with Crippen molar-refractivity contribution < 1.29 is 4.42 Å². The number of hydrogen-bond acceptors (Lipinski definition) is 2. The third kappa shape index (κ3) is 6.52. The molecule has 64 heavy (non-hydrogen) atoms. The summed E-state index contributed by atoms with van der Waals surface area (Å²) in [5.41, 5.74) is 16.8. The molecule has 12 rings (SSSR count). The molecule has 0 N–H and O–H groups in total. The third-order valence-electron chi connectivity index (χ3n) is 12.7. The van der Waals surface area contributed by atoms with Gasteiger partial charge in [-0.05, 0) is 120 Å². The lowest BCUT2D eigenvalue weighted by Gasteiger charge is -2.26. The van der Waals surface area contributed by atoms with Crippen molar-refractivity contribution >= 4 is 60.5 Å². The Morgan fingerprint density at radius 2 is 0.656 bits per heavy atom. The average molecular weight is 816 g/mol. The Morgan fingerprint density at radius 3 is 1.25 bits per heavy atom. The second kappa shape index (κ2) is 15.8. The molecule has 0 aliphatic rings. The predicted molar refractivity (Wildman–Crippen MR) is 271 cm³/mol. The SMILES string of the molecule is c1ccc(-c2ccc(-c3ccc(N(c4ccc(-c5ccc6c(c5)c(-c5ccccc5)c(-c5ccccc5)c5ccccc56)cc4)c4cccc5c4oc4ccccc45)cc3)cc2)cc1. The highest BCUT2D eigenvalue weighted by molar-refractivity contribution is 6.22. The van der Waals surface area contributed by atoms with Crippen LogP contribution < -0.4 is 4.90 Å². The number of anilines is 3. The van der Waals surface area contributed by atoms with Crippen LogP contribution in [0.15, 0.2) is 253 Å². The van der Waals surface area contributed by atoms with Crippen molar-refractivity contribution in [2.24, 2.45) is 0 Å². The molecule has 300 valence electrons. The van der Waals surface area contributed by atoms with Gasteiger partial charge in [-0.15, -0.1) is 0 Å². The molecule has 1 aromatic heterocycles. The fourth-order valence-corrected chi connectivity index (χ4v) is 9.61. The Morgan fingerprint density at radius 1 is 0.250 bits per heavy atom. The smallest absolute Gasteiger partial charge is 0.159 e. The molecule has 0 spiro atoms. The maximum Gasteiger partial charge on any atom is 0.159 e. The summed E-state index contributed by atoms with van der Waals surface area (Å²) in [6, 6.07) is 89.5. The summed E-state index contributed by atoms with van der Waals surface area (Å²) in [5.74, 6) is 0. The molecular weight excluding hydrogens is 775 g/mol. The minimum atomic E-state index is 0.859. The first-order chi connectivity index (χ1) is 31.7. The number of nitrogens with zero attached hydrogens (tertiary/aromatic N) is 1. The van der Waals surface area contributed by atoms with Crippen molar-refractivity contribution in [3.05, 3.63) is 249 Å². The van der Waals surface area contributed by atoms with Crippen molar-refractivity contribution in [1.29, 1.82) is 0 Å². The van der Waals surface area contributed by atoms with Gasteiger partial charge in [0.15, 0.2) is 5.58 Å². The number of rotatable bonds is 8. The van der Waals surface area contributed by atoms with Gasteiger partial charge in [-0.2, -0.15) is 0 Å². The zero-order valence-corrected chi connectivity index (χ0v) is 35.0. The lowest BCUT2D eigenvalue weighted by atomic mass is 9.84. The molecular formula is C62H41NO. The van der Waals surface area contributed by atoms with E-state index in [-0.39, 0.29) is 0 Å². The molecule has 0 atom stereocenters. The Labute approximate surface area is 372 Å². The molecule has 0 saturated carbocycles. The van der Waals surface area contributed by atoms with Crippen LogP contribution in [0, 0.1) is 0 Å². The maximum atomic E-state index is 6.66. The number of para-hydroxylation sites is 2. The van der Waals surface area contributed by atoms with Gasteiger partial charge in [0.05, 0.1) is 5.69 Å². The minimum absolute atomic E-state index is 0.859. The van der Waals surface area contributed by atoms with Gasteiger partial charge in [0.25, 0.3) is 0 Å². The molecule has 0 aliphatic heterocycles. The highest BCUT2D eigenvalue weighted by Crippen LogP contribution is 2.47. The van der Waals surface area contributed by atoms with Crippen molar-refractivity contribution in [3.8, 4) is 55.6 Å². The molecule has 0 bridgehead atoms. The zero-order chi connectivity index (χ0) is 42.4. The fraction of sp³-hybridized carbons (Fsp3) is 0. The van der Waals surface area contributed by atoms with Crippen molar-refractivity contribution in [1.82, 2.24) is 0 Å². The molecule has 0 saturated heterocycles. The molecule has 2 heteroatoms. The Balaban J connectivity index is 0.979. The lowest BCUT2D eigenvalue weighted by Crippen LogP contribution is -2.10. The Bertz CT molecular complexity index is 3610. The topological polar surface area (TPSA) is 16.4 Å². The van der Waals surface area contributed by atoms with E-state index in [1.165, 1.54) is 66.1 Å². The van der Waals surface area contributed by atoms with Gasteiger partial charge >= 0.3 is 0 Å². The third-order valence-corrected chi connectivity index (χ3v) is 12.7. The van der Waals surface area contributed by atoms with E-state index in [0.717, 1.165) is 50.1 Å². The number of furan rings is 1. The summed E-state index contributed by atoms with van der Waals surface area (Å²) in [4.78, 5) is 2.32. The second-order valence-electron chi connectivity index (χ2n) is 16.4. The lowest BCUT2D eigenvalue weighted by molar-refractivity contribution is 0.669. The van der Waals surface area contributed by atoms with Crippen LogP contribution in [0.1, 0.15) is 0 Å². The molecule has 11 aromatic carbocycles. The normalized spacial score (nSPS) is 11.4. The van der Waals surface area contributed by atoms with E-state index in [4.69, 9.17) is 4.42 Å². The summed E-state index contributed by atoms with van der Waals surface area (Å²) in [5, 5.41) is 7.19. The first kappa shape index (κ1) is 37.3. The monoisotopic (exact) mass is 815 g/mol. The number of fused-ring (bicyclic) bond motifs is 6. The summed E-state index contributed by atoms with van der Waals surface area (Å²) < 4.78 is 6.66. The van der Waals surface area contributed by atoms with Crippen LogP contribution in [0.4, 0.5) is 17.1 Å². The highest BCUT2D eigenvalue weighted by Gasteiger charge is 2.21. The van der Waals surface area contributed by atoms with Crippen molar-refractivity contribution in [3.63, 3.8) is 0 Å². The van der Waals surface area contributed by atoms with Crippen molar-refractivity contribution in [2.45, 2.75) is 0 Å². The van der Waals surface area contributed by atoms with Gasteiger partial charge in [0.1, 0.15) is 5.58 Å². The van der Waals surface area contributed by atoms with Crippen LogP contribution in [-0.2, 0) is 0 Å². The van der Waals surface area contributed by atoms with E-state index in [1.54, 1.807) is 0 Å².